The monoisotopic (exact) mass is 392 g/mol. The number of para-hydroxylation sites is 2. The van der Waals surface area contributed by atoms with Crippen LogP contribution in [0.3, 0.4) is 0 Å². The second-order valence-electron chi connectivity index (χ2n) is 6.49. The molecular formula is C20H24ClFN3O2+. The van der Waals surface area contributed by atoms with Gasteiger partial charge in [0.25, 0.3) is 5.91 Å². The van der Waals surface area contributed by atoms with Crippen molar-refractivity contribution in [3.05, 3.63) is 53.3 Å². The molecule has 3 rings (SSSR count). The van der Waals surface area contributed by atoms with Gasteiger partial charge >= 0.3 is 0 Å². The summed E-state index contributed by atoms with van der Waals surface area (Å²) >= 11 is 5.86. The number of benzene rings is 2. The predicted molar refractivity (Wildman–Crippen MR) is 105 cm³/mol. The van der Waals surface area contributed by atoms with Crippen LogP contribution in [0.25, 0.3) is 0 Å². The van der Waals surface area contributed by atoms with E-state index in [2.05, 4.69) is 16.3 Å². The topological polar surface area (TPSA) is 46.0 Å². The lowest BCUT2D eigenvalue weighted by atomic mass is 10.2. The minimum absolute atomic E-state index is 0.121. The van der Waals surface area contributed by atoms with Crippen molar-refractivity contribution < 1.29 is 18.8 Å². The van der Waals surface area contributed by atoms with Gasteiger partial charge in [0.05, 0.1) is 44.2 Å². The summed E-state index contributed by atoms with van der Waals surface area (Å²) in [6.45, 7) is 6.21. The van der Waals surface area contributed by atoms with Gasteiger partial charge in [-0.3, -0.25) is 4.79 Å². The average Bonchev–Trinajstić information content (AvgIpc) is 2.66. The van der Waals surface area contributed by atoms with Gasteiger partial charge in [0, 0.05) is 5.02 Å². The summed E-state index contributed by atoms with van der Waals surface area (Å²) < 4.78 is 19.5. The normalized spacial score (nSPS) is 14.9. The molecule has 2 N–H and O–H groups in total. The van der Waals surface area contributed by atoms with Crippen molar-refractivity contribution in [2.75, 3.05) is 49.5 Å². The molecule has 1 saturated heterocycles. The van der Waals surface area contributed by atoms with Gasteiger partial charge in [-0.25, -0.2) is 4.39 Å². The maximum atomic E-state index is 13.7. The molecular weight excluding hydrogens is 369 g/mol. The molecule has 27 heavy (non-hydrogen) atoms. The van der Waals surface area contributed by atoms with Crippen molar-refractivity contribution in [1.82, 2.24) is 0 Å². The van der Waals surface area contributed by atoms with Crippen molar-refractivity contribution in [2.45, 2.75) is 6.92 Å². The number of ether oxygens (including phenoxy) is 1. The van der Waals surface area contributed by atoms with Crippen LogP contribution in [-0.2, 0) is 4.79 Å². The van der Waals surface area contributed by atoms with E-state index < -0.39 is 5.82 Å². The Labute approximate surface area is 163 Å². The molecule has 2 aromatic carbocycles. The van der Waals surface area contributed by atoms with Gasteiger partial charge in [-0.2, -0.15) is 0 Å². The van der Waals surface area contributed by atoms with E-state index in [0.717, 1.165) is 37.6 Å². The van der Waals surface area contributed by atoms with Crippen LogP contribution in [0.1, 0.15) is 6.92 Å². The van der Waals surface area contributed by atoms with E-state index in [0.29, 0.717) is 18.2 Å². The number of hydrogen-bond donors (Lipinski definition) is 2. The van der Waals surface area contributed by atoms with Gasteiger partial charge in [0.15, 0.2) is 6.54 Å². The minimum Gasteiger partial charge on any atom is -0.492 e. The molecule has 1 amide bonds. The maximum Gasteiger partial charge on any atom is 0.279 e. The van der Waals surface area contributed by atoms with Crippen molar-refractivity contribution in [2.24, 2.45) is 0 Å². The fourth-order valence-electron chi connectivity index (χ4n) is 3.25. The second-order valence-corrected chi connectivity index (χ2v) is 6.92. The Morgan fingerprint density at radius 1 is 1.26 bits per heavy atom. The summed E-state index contributed by atoms with van der Waals surface area (Å²) in [7, 11) is 0. The number of carbonyl (C=O) groups is 1. The van der Waals surface area contributed by atoms with Crippen LogP contribution in [0.4, 0.5) is 15.8 Å². The summed E-state index contributed by atoms with van der Waals surface area (Å²) in [6.07, 6.45) is 0. The lowest BCUT2D eigenvalue weighted by Gasteiger charge is -2.34. The number of amides is 1. The first-order valence-corrected chi connectivity index (χ1v) is 9.50. The van der Waals surface area contributed by atoms with Crippen LogP contribution in [-0.4, -0.2) is 45.2 Å². The van der Waals surface area contributed by atoms with Gasteiger partial charge < -0.3 is 19.9 Å². The molecule has 144 valence electrons. The standard InChI is InChI=1S/C20H23ClFN3O2/c1-2-27-19-6-4-3-5-18(19)25-11-9-24(10-12-25)14-20(26)23-17-13-15(21)7-8-16(17)22/h3-8,13H,2,9-12,14H2,1H3,(H,23,26)/p+1. The van der Waals surface area contributed by atoms with Gasteiger partial charge in [-0.05, 0) is 37.3 Å². The van der Waals surface area contributed by atoms with E-state index >= 15 is 0 Å². The zero-order chi connectivity index (χ0) is 19.2. The number of carbonyl (C=O) groups excluding carboxylic acids is 1. The molecule has 0 unspecified atom stereocenters. The first-order chi connectivity index (χ1) is 13.1. The highest BCUT2D eigenvalue weighted by Gasteiger charge is 2.24. The summed E-state index contributed by atoms with van der Waals surface area (Å²) in [5.74, 6) is 0.187. The molecule has 1 fully saturated rings. The fraction of sp³-hybridized carbons (Fsp3) is 0.350. The third-order valence-corrected chi connectivity index (χ3v) is 4.82. The maximum absolute atomic E-state index is 13.7. The number of nitrogens with zero attached hydrogens (tertiary/aromatic N) is 1. The molecule has 0 radical (unpaired) electrons. The van der Waals surface area contributed by atoms with E-state index in [4.69, 9.17) is 16.3 Å². The molecule has 0 saturated carbocycles. The van der Waals surface area contributed by atoms with Crippen molar-refractivity contribution in [1.29, 1.82) is 0 Å². The number of anilines is 2. The highest BCUT2D eigenvalue weighted by atomic mass is 35.5. The van der Waals surface area contributed by atoms with E-state index in [-0.39, 0.29) is 11.6 Å². The predicted octanol–water partition coefficient (Wildman–Crippen LogP) is 2.22. The molecule has 0 spiro atoms. The Morgan fingerprint density at radius 2 is 2.00 bits per heavy atom. The van der Waals surface area contributed by atoms with Crippen LogP contribution in [0.15, 0.2) is 42.5 Å². The van der Waals surface area contributed by atoms with Gasteiger partial charge in [0.2, 0.25) is 0 Å². The van der Waals surface area contributed by atoms with Crippen LogP contribution < -0.4 is 19.9 Å². The average molecular weight is 393 g/mol. The van der Waals surface area contributed by atoms with Crippen LogP contribution in [0, 0.1) is 5.82 Å². The number of nitrogens with one attached hydrogen (secondary N) is 2. The summed E-state index contributed by atoms with van der Waals surface area (Å²) in [4.78, 5) is 15.7. The smallest absolute Gasteiger partial charge is 0.279 e. The van der Waals surface area contributed by atoms with Crippen LogP contribution in [0.2, 0.25) is 5.02 Å². The molecule has 1 aliphatic rings. The van der Waals surface area contributed by atoms with Crippen molar-refractivity contribution in [3.63, 3.8) is 0 Å². The van der Waals surface area contributed by atoms with E-state index in [1.54, 1.807) is 0 Å². The highest BCUT2D eigenvalue weighted by molar-refractivity contribution is 6.30. The fourth-order valence-corrected chi connectivity index (χ4v) is 3.42. The third kappa shape index (κ3) is 5.11. The molecule has 0 aliphatic carbocycles. The van der Waals surface area contributed by atoms with Gasteiger partial charge in [-0.1, -0.05) is 23.7 Å². The SMILES string of the molecule is CCOc1ccccc1N1CC[NH+](CC(=O)Nc2cc(Cl)ccc2F)CC1. The lowest BCUT2D eigenvalue weighted by Crippen LogP contribution is -3.15. The molecule has 0 bridgehead atoms. The summed E-state index contributed by atoms with van der Waals surface area (Å²) in [5, 5.41) is 3.00. The van der Waals surface area contributed by atoms with Gasteiger partial charge in [-0.15, -0.1) is 0 Å². The Kier molecular flexibility index (Phi) is 6.53. The number of rotatable bonds is 6. The first-order valence-electron chi connectivity index (χ1n) is 9.12. The Balaban J connectivity index is 1.54. The van der Waals surface area contributed by atoms with Crippen LogP contribution >= 0.6 is 11.6 Å². The number of quaternary nitrogens is 1. The quantitative estimate of drug-likeness (QED) is 0.792. The number of halogens is 2. The number of hydrogen-bond acceptors (Lipinski definition) is 3. The molecule has 0 aromatic heterocycles. The zero-order valence-corrected chi connectivity index (χ0v) is 16.1. The zero-order valence-electron chi connectivity index (χ0n) is 15.3. The Hall–Kier alpha value is -2.31. The third-order valence-electron chi connectivity index (χ3n) is 4.59. The molecule has 1 heterocycles. The van der Waals surface area contributed by atoms with Gasteiger partial charge in [0.1, 0.15) is 11.6 Å². The Bertz CT molecular complexity index is 795. The molecule has 0 atom stereocenters. The lowest BCUT2D eigenvalue weighted by molar-refractivity contribution is -0.892. The molecule has 1 aliphatic heterocycles. The first kappa shape index (κ1) is 19.5. The van der Waals surface area contributed by atoms with E-state index in [9.17, 15) is 9.18 Å². The van der Waals surface area contributed by atoms with Crippen molar-refractivity contribution in [3.8, 4) is 5.75 Å². The van der Waals surface area contributed by atoms with E-state index in [1.165, 1.54) is 23.1 Å². The Morgan fingerprint density at radius 3 is 2.74 bits per heavy atom. The molecule has 5 nitrogen and oxygen atoms in total. The molecule has 2 aromatic rings. The molecule has 7 heteroatoms. The summed E-state index contributed by atoms with van der Waals surface area (Å²) in [6, 6.07) is 12.1. The largest absolute Gasteiger partial charge is 0.492 e. The highest BCUT2D eigenvalue weighted by Crippen LogP contribution is 2.27. The minimum atomic E-state index is -0.486. The second kappa shape index (κ2) is 9.06. The van der Waals surface area contributed by atoms with E-state index in [1.807, 2.05) is 25.1 Å². The number of piperazine rings is 1. The summed E-state index contributed by atoms with van der Waals surface area (Å²) in [5.41, 5.74) is 1.21. The van der Waals surface area contributed by atoms with Crippen LogP contribution in [0.5, 0.6) is 5.75 Å². The van der Waals surface area contributed by atoms with Crippen molar-refractivity contribution >= 4 is 28.9 Å².